The number of ether oxygens (including phenoxy) is 1. The zero-order valence-corrected chi connectivity index (χ0v) is 7.76. The fraction of sp³-hybridized carbons (Fsp3) is 1.00. The van der Waals surface area contributed by atoms with E-state index in [0.717, 1.165) is 11.8 Å². The Hall–Kier alpha value is -0.0400. The molecule has 0 bridgehead atoms. The van der Waals surface area contributed by atoms with Gasteiger partial charge < -0.3 is 4.74 Å². The van der Waals surface area contributed by atoms with Crippen molar-refractivity contribution in [3.63, 3.8) is 0 Å². The first-order valence-electron chi connectivity index (χ1n) is 4.83. The van der Waals surface area contributed by atoms with Crippen molar-refractivity contribution >= 4 is 0 Å². The van der Waals surface area contributed by atoms with Gasteiger partial charge in [-0.2, -0.15) is 0 Å². The van der Waals surface area contributed by atoms with E-state index in [1.54, 1.807) is 0 Å². The van der Waals surface area contributed by atoms with E-state index in [1.807, 2.05) is 0 Å². The fourth-order valence-corrected chi connectivity index (χ4v) is 2.45. The van der Waals surface area contributed by atoms with Gasteiger partial charge in [0.05, 0.1) is 11.7 Å². The summed E-state index contributed by atoms with van der Waals surface area (Å²) >= 11 is 0. The maximum absolute atomic E-state index is 5.80. The topological polar surface area (TPSA) is 12.5 Å². The lowest BCUT2D eigenvalue weighted by molar-refractivity contribution is 0.219. The van der Waals surface area contributed by atoms with E-state index in [4.69, 9.17) is 4.74 Å². The standard InChI is InChI=1S/C10H18O/c1-7(2)10-5-4-8(3)6-9(10)11-10/h7-9H,4-6H2,1-3H3. The van der Waals surface area contributed by atoms with Gasteiger partial charge in [-0.05, 0) is 31.1 Å². The molecule has 0 N–H and O–H groups in total. The first-order valence-corrected chi connectivity index (χ1v) is 4.83. The van der Waals surface area contributed by atoms with E-state index < -0.39 is 0 Å². The highest BCUT2D eigenvalue weighted by atomic mass is 16.6. The van der Waals surface area contributed by atoms with E-state index in [2.05, 4.69) is 20.8 Å². The summed E-state index contributed by atoms with van der Waals surface area (Å²) in [5, 5.41) is 0. The smallest absolute Gasteiger partial charge is 0.0971 e. The quantitative estimate of drug-likeness (QED) is 0.529. The molecule has 1 saturated carbocycles. The van der Waals surface area contributed by atoms with Crippen LogP contribution in [-0.4, -0.2) is 11.7 Å². The molecule has 1 heterocycles. The average Bonchev–Trinajstić information content (AvgIpc) is 2.62. The molecule has 0 aromatic carbocycles. The van der Waals surface area contributed by atoms with Gasteiger partial charge in [0.2, 0.25) is 0 Å². The fourth-order valence-electron chi connectivity index (χ4n) is 2.45. The molecule has 2 aliphatic rings. The maximum Gasteiger partial charge on any atom is 0.0971 e. The van der Waals surface area contributed by atoms with E-state index >= 15 is 0 Å². The molecule has 3 atom stereocenters. The van der Waals surface area contributed by atoms with E-state index in [-0.39, 0.29) is 0 Å². The number of rotatable bonds is 1. The SMILES string of the molecule is CC1CCC2(C(C)C)OC2C1. The normalized spacial score (nSPS) is 49.1. The first kappa shape index (κ1) is 7.60. The third kappa shape index (κ3) is 1.01. The number of hydrogen-bond acceptors (Lipinski definition) is 1. The number of epoxide rings is 1. The van der Waals surface area contributed by atoms with Crippen molar-refractivity contribution in [3.05, 3.63) is 0 Å². The van der Waals surface area contributed by atoms with Gasteiger partial charge >= 0.3 is 0 Å². The second kappa shape index (κ2) is 2.22. The summed E-state index contributed by atoms with van der Waals surface area (Å²) in [7, 11) is 0. The van der Waals surface area contributed by atoms with Crippen LogP contribution in [0, 0.1) is 11.8 Å². The molecule has 0 spiro atoms. The lowest BCUT2D eigenvalue weighted by atomic mass is 9.77. The Morgan fingerprint density at radius 3 is 2.73 bits per heavy atom. The van der Waals surface area contributed by atoms with E-state index in [0.29, 0.717) is 11.7 Å². The molecule has 0 aromatic rings. The van der Waals surface area contributed by atoms with Crippen molar-refractivity contribution in [3.8, 4) is 0 Å². The molecule has 2 fully saturated rings. The van der Waals surface area contributed by atoms with Crippen molar-refractivity contribution in [2.24, 2.45) is 11.8 Å². The van der Waals surface area contributed by atoms with E-state index in [9.17, 15) is 0 Å². The Morgan fingerprint density at radius 2 is 2.18 bits per heavy atom. The highest BCUT2D eigenvalue weighted by Gasteiger charge is 2.59. The second-order valence-corrected chi connectivity index (χ2v) is 4.60. The summed E-state index contributed by atoms with van der Waals surface area (Å²) in [5.74, 6) is 1.62. The van der Waals surface area contributed by atoms with Crippen LogP contribution in [0.3, 0.4) is 0 Å². The van der Waals surface area contributed by atoms with Crippen molar-refractivity contribution in [1.82, 2.24) is 0 Å². The zero-order valence-electron chi connectivity index (χ0n) is 7.76. The Labute approximate surface area is 69.1 Å². The monoisotopic (exact) mass is 154 g/mol. The summed E-state index contributed by atoms with van der Waals surface area (Å²) < 4.78 is 5.80. The molecule has 1 saturated heterocycles. The summed E-state index contributed by atoms with van der Waals surface area (Å²) in [6.45, 7) is 6.91. The number of fused-ring (bicyclic) bond motifs is 1. The van der Waals surface area contributed by atoms with Crippen LogP contribution in [-0.2, 0) is 4.74 Å². The Balaban J connectivity index is 2.02. The first-order chi connectivity index (χ1) is 5.15. The minimum absolute atomic E-state index is 0.326. The number of hydrogen-bond donors (Lipinski definition) is 0. The van der Waals surface area contributed by atoms with Crippen LogP contribution in [0.25, 0.3) is 0 Å². The summed E-state index contributed by atoms with van der Waals surface area (Å²) in [5.41, 5.74) is 0.326. The Bertz CT molecular complexity index is 164. The van der Waals surface area contributed by atoms with Gasteiger partial charge in [0.25, 0.3) is 0 Å². The van der Waals surface area contributed by atoms with Crippen LogP contribution in [0.5, 0.6) is 0 Å². The van der Waals surface area contributed by atoms with Gasteiger partial charge in [0.15, 0.2) is 0 Å². The lowest BCUT2D eigenvalue weighted by Crippen LogP contribution is -2.28. The molecule has 2 rings (SSSR count). The largest absolute Gasteiger partial charge is 0.366 e. The molecular formula is C10H18O. The summed E-state index contributed by atoms with van der Waals surface area (Å²) in [6, 6.07) is 0. The molecule has 1 aliphatic heterocycles. The molecule has 64 valence electrons. The van der Waals surface area contributed by atoms with Crippen LogP contribution in [0.4, 0.5) is 0 Å². The Kier molecular flexibility index (Phi) is 1.54. The predicted molar refractivity (Wildman–Crippen MR) is 45.5 cm³/mol. The molecule has 11 heavy (non-hydrogen) atoms. The third-order valence-electron chi connectivity index (χ3n) is 3.47. The van der Waals surface area contributed by atoms with Gasteiger partial charge in [0.1, 0.15) is 0 Å². The van der Waals surface area contributed by atoms with Crippen LogP contribution in [0.15, 0.2) is 0 Å². The van der Waals surface area contributed by atoms with Gasteiger partial charge in [-0.3, -0.25) is 0 Å². The molecule has 1 heteroatoms. The summed E-state index contributed by atoms with van der Waals surface area (Å²) in [6.07, 6.45) is 4.59. The third-order valence-corrected chi connectivity index (χ3v) is 3.47. The summed E-state index contributed by atoms with van der Waals surface area (Å²) in [4.78, 5) is 0. The van der Waals surface area contributed by atoms with Gasteiger partial charge in [-0.15, -0.1) is 0 Å². The second-order valence-electron chi connectivity index (χ2n) is 4.60. The van der Waals surface area contributed by atoms with Crippen molar-refractivity contribution in [1.29, 1.82) is 0 Å². The van der Waals surface area contributed by atoms with Gasteiger partial charge in [0, 0.05) is 0 Å². The van der Waals surface area contributed by atoms with Crippen molar-refractivity contribution < 1.29 is 4.74 Å². The Morgan fingerprint density at radius 1 is 1.45 bits per heavy atom. The highest BCUT2D eigenvalue weighted by Crippen LogP contribution is 2.53. The molecule has 1 aliphatic carbocycles. The molecule has 0 amide bonds. The highest BCUT2D eigenvalue weighted by molar-refractivity contribution is 5.07. The predicted octanol–water partition coefficient (Wildman–Crippen LogP) is 2.60. The minimum Gasteiger partial charge on any atom is -0.366 e. The van der Waals surface area contributed by atoms with Gasteiger partial charge in [-0.25, -0.2) is 0 Å². The molecule has 1 nitrogen and oxygen atoms in total. The van der Waals surface area contributed by atoms with Crippen molar-refractivity contribution in [2.75, 3.05) is 0 Å². The molecule has 0 aromatic heterocycles. The van der Waals surface area contributed by atoms with Gasteiger partial charge in [-0.1, -0.05) is 20.8 Å². The van der Waals surface area contributed by atoms with Crippen LogP contribution in [0.1, 0.15) is 40.0 Å². The average molecular weight is 154 g/mol. The maximum atomic E-state index is 5.80. The van der Waals surface area contributed by atoms with Crippen LogP contribution in [0.2, 0.25) is 0 Å². The minimum atomic E-state index is 0.326. The molecular weight excluding hydrogens is 136 g/mol. The van der Waals surface area contributed by atoms with E-state index in [1.165, 1.54) is 19.3 Å². The zero-order chi connectivity index (χ0) is 8.06. The molecule has 0 radical (unpaired) electrons. The van der Waals surface area contributed by atoms with Crippen LogP contribution < -0.4 is 0 Å². The van der Waals surface area contributed by atoms with Crippen LogP contribution >= 0.6 is 0 Å². The molecule has 3 unspecified atom stereocenters. The van der Waals surface area contributed by atoms with Crippen molar-refractivity contribution in [2.45, 2.75) is 51.7 Å². The lowest BCUT2D eigenvalue weighted by Gasteiger charge is -2.24.